The van der Waals surface area contributed by atoms with E-state index in [2.05, 4.69) is 0 Å². The van der Waals surface area contributed by atoms with E-state index in [1.54, 1.807) is 0 Å². The predicted octanol–water partition coefficient (Wildman–Crippen LogP) is 4.67. The molecule has 1 rings (SSSR count). The molecule has 0 N–H and O–H groups in total. The lowest BCUT2D eigenvalue weighted by molar-refractivity contribution is -0.000723. The fourth-order valence-corrected chi connectivity index (χ4v) is 6.99. The van der Waals surface area contributed by atoms with Crippen molar-refractivity contribution in [3.05, 3.63) is 35.4 Å². The Kier molecular flexibility index (Phi) is 28.1. The van der Waals surface area contributed by atoms with Gasteiger partial charge in [0.1, 0.15) is 0 Å². The Balaban J connectivity index is 2.31. The summed E-state index contributed by atoms with van der Waals surface area (Å²) in [6.45, 7) is 19.6. The molecular formula is C38H70O14S2. The molecule has 0 aliphatic rings. The van der Waals surface area contributed by atoms with Crippen molar-refractivity contribution in [2.45, 2.75) is 78.1 Å². The highest BCUT2D eigenvalue weighted by Gasteiger charge is 2.29. The molecule has 0 saturated carbocycles. The minimum Gasteiger partial charge on any atom is -0.379 e. The summed E-state index contributed by atoms with van der Waals surface area (Å²) in [6, 6.07) is 7.66. The van der Waals surface area contributed by atoms with Crippen LogP contribution in [0.25, 0.3) is 0 Å². The largest absolute Gasteiger partial charge is 0.379 e. The zero-order valence-corrected chi connectivity index (χ0v) is 35.4. The van der Waals surface area contributed by atoms with E-state index in [0.717, 1.165) is 11.1 Å². The molecule has 14 nitrogen and oxygen atoms in total. The van der Waals surface area contributed by atoms with E-state index < -0.39 is 31.1 Å². The average molecular weight is 815 g/mol. The molecule has 0 unspecified atom stereocenters. The van der Waals surface area contributed by atoms with Gasteiger partial charge in [0.15, 0.2) is 0 Å². The molecule has 0 spiro atoms. The van der Waals surface area contributed by atoms with Crippen LogP contribution in [0.5, 0.6) is 0 Å². The van der Waals surface area contributed by atoms with Gasteiger partial charge in [-0.1, -0.05) is 52.0 Å². The van der Waals surface area contributed by atoms with Gasteiger partial charge in [0.25, 0.3) is 20.2 Å². The van der Waals surface area contributed by atoms with Crippen LogP contribution in [0.15, 0.2) is 24.3 Å². The summed E-state index contributed by atoms with van der Waals surface area (Å²) >= 11 is 0. The maximum absolute atomic E-state index is 12.7. The van der Waals surface area contributed by atoms with Crippen LogP contribution < -0.4 is 0 Å². The number of ether oxygens (including phenoxy) is 8. The highest BCUT2D eigenvalue weighted by atomic mass is 32.2. The summed E-state index contributed by atoms with van der Waals surface area (Å²) in [6.07, 6.45) is 2.00. The van der Waals surface area contributed by atoms with E-state index in [0.29, 0.717) is 131 Å². The summed E-state index contributed by atoms with van der Waals surface area (Å²) in [5.74, 6) is -0.203. The summed E-state index contributed by atoms with van der Waals surface area (Å²) in [4.78, 5) is 0. The Bertz CT molecular complexity index is 1180. The first kappa shape index (κ1) is 50.7. The van der Waals surface area contributed by atoms with Crippen molar-refractivity contribution in [2.24, 2.45) is 0 Å². The van der Waals surface area contributed by atoms with Gasteiger partial charge in [0, 0.05) is 37.3 Å². The molecule has 0 atom stereocenters. The first-order valence-corrected chi connectivity index (χ1v) is 22.4. The minimum atomic E-state index is -3.74. The molecule has 0 saturated heterocycles. The van der Waals surface area contributed by atoms with Gasteiger partial charge in [-0.2, -0.15) is 16.8 Å². The summed E-state index contributed by atoms with van der Waals surface area (Å²) in [5, 5.41) is 0. The van der Waals surface area contributed by atoms with Crippen LogP contribution in [0.3, 0.4) is 0 Å². The number of hydrogen-bond donors (Lipinski definition) is 0. The van der Waals surface area contributed by atoms with Gasteiger partial charge in [0.05, 0.1) is 104 Å². The molecule has 0 aromatic heterocycles. The molecular weight excluding hydrogens is 745 g/mol. The lowest BCUT2D eigenvalue weighted by Gasteiger charge is -2.29. The van der Waals surface area contributed by atoms with Crippen molar-refractivity contribution in [2.75, 3.05) is 130 Å². The zero-order valence-electron chi connectivity index (χ0n) is 33.8. The smallest absolute Gasteiger partial charge is 0.267 e. The Morgan fingerprint density at radius 1 is 0.444 bits per heavy atom. The molecule has 0 heterocycles. The van der Waals surface area contributed by atoms with Crippen molar-refractivity contribution in [1.82, 2.24) is 0 Å². The standard InChI is InChI=1S/C38H70O14S2/c1-7-43-18-20-47-26-28-49-24-22-45-16-9-11-30-53(39,40)51-33-37(3,4)35-14-13-15-36(32-35)38(5,6)34-52-54(41,42)31-12-10-17-46-23-25-50-29-27-48-21-19-44-8-2/h13-15,32H,7-12,16-31,33-34H2,1-6H3. The average Bonchev–Trinajstić information content (AvgIpc) is 3.13. The van der Waals surface area contributed by atoms with Crippen LogP contribution in [-0.2, 0) is 77.3 Å². The van der Waals surface area contributed by atoms with Gasteiger partial charge in [-0.25, -0.2) is 0 Å². The first-order valence-electron chi connectivity index (χ1n) is 19.2. The van der Waals surface area contributed by atoms with Crippen molar-refractivity contribution in [1.29, 1.82) is 0 Å². The first-order chi connectivity index (χ1) is 25.7. The van der Waals surface area contributed by atoms with Gasteiger partial charge in [0.2, 0.25) is 0 Å². The van der Waals surface area contributed by atoms with E-state index >= 15 is 0 Å². The van der Waals surface area contributed by atoms with Gasteiger partial charge >= 0.3 is 0 Å². The lowest BCUT2D eigenvalue weighted by atomic mass is 9.79. The zero-order chi connectivity index (χ0) is 40.0. The third kappa shape index (κ3) is 26.6. The molecule has 16 heteroatoms. The molecule has 1 aromatic rings. The number of hydrogen-bond acceptors (Lipinski definition) is 14. The normalized spacial score (nSPS) is 12.9. The van der Waals surface area contributed by atoms with Gasteiger partial charge in [-0.05, 0) is 50.7 Å². The number of rotatable bonds is 38. The van der Waals surface area contributed by atoms with Crippen LogP contribution in [0, 0.1) is 0 Å². The van der Waals surface area contributed by atoms with E-state index in [1.165, 1.54) is 0 Å². The van der Waals surface area contributed by atoms with Crippen molar-refractivity contribution in [3.8, 4) is 0 Å². The highest BCUT2D eigenvalue weighted by molar-refractivity contribution is 7.86. The quantitative estimate of drug-likeness (QED) is 0.0670. The van der Waals surface area contributed by atoms with Gasteiger partial charge in [-0.3, -0.25) is 8.37 Å². The Labute approximate surface area is 326 Å². The summed E-state index contributed by atoms with van der Waals surface area (Å²) in [7, 11) is -7.47. The van der Waals surface area contributed by atoms with Crippen LogP contribution in [0.2, 0.25) is 0 Å². The highest BCUT2D eigenvalue weighted by Crippen LogP contribution is 2.31. The Morgan fingerprint density at radius 2 is 0.741 bits per heavy atom. The van der Waals surface area contributed by atoms with Gasteiger partial charge in [-0.15, -0.1) is 0 Å². The second-order valence-corrected chi connectivity index (χ2v) is 17.4. The topological polar surface area (TPSA) is 161 Å². The molecule has 0 aliphatic heterocycles. The second-order valence-electron chi connectivity index (χ2n) is 13.9. The number of benzene rings is 1. The monoisotopic (exact) mass is 814 g/mol. The van der Waals surface area contributed by atoms with E-state index in [9.17, 15) is 16.8 Å². The summed E-state index contributed by atoms with van der Waals surface area (Å²) < 4.78 is 105. The molecule has 54 heavy (non-hydrogen) atoms. The molecule has 0 fully saturated rings. The van der Waals surface area contributed by atoms with E-state index in [1.807, 2.05) is 65.8 Å². The molecule has 0 aliphatic carbocycles. The maximum atomic E-state index is 12.7. The van der Waals surface area contributed by atoms with Crippen LogP contribution >= 0.6 is 0 Å². The summed E-state index contributed by atoms with van der Waals surface area (Å²) in [5.41, 5.74) is 0.483. The fraction of sp³-hybridized carbons (Fsp3) is 0.842. The maximum Gasteiger partial charge on any atom is 0.267 e. The van der Waals surface area contributed by atoms with Crippen molar-refractivity contribution < 1.29 is 63.1 Å². The molecule has 318 valence electrons. The second kappa shape index (κ2) is 29.9. The lowest BCUT2D eigenvalue weighted by Crippen LogP contribution is -2.30. The fourth-order valence-electron chi connectivity index (χ4n) is 4.69. The van der Waals surface area contributed by atoms with Crippen LogP contribution in [0.1, 0.15) is 78.4 Å². The van der Waals surface area contributed by atoms with Crippen molar-refractivity contribution in [3.63, 3.8) is 0 Å². The van der Waals surface area contributed by atoms with Crippen LogP contribution in [0.4, 0.5) is 0 Å². The third-order valence-electron chi connectivity index (χ3n) is 8.13. The Hall–Kier alpha value is -1.28. The molecule has 0 radical (unpaired) electrons. The van der Waals surface area contributed by atoms with E-state index in [-0.39, 0.29) is 24.7 Å². The van der Waals surface area contributed by atoms with Gasteiger partial charge < -0.3 is 37.9 Å². The predicted molar refractivity (Wildman–Crippen MR) is 208 cm³/mol. The number of unbranched alkanes of at least 4 members (excludes halogenated alkanes) is 2. The molecule has 1 aromatic carbocycles. The Morgan fingerprint density at radius 3 is 1.06 bits per heavy atom. The SMILES string of the molecule is CCOCCOCCOCCOCCCCS(=O)(=O)OCC(C)(C)c1cccc(C(C)(C)COS(=O)(=O)CCCCOCCOCCOCCOCC)c1. The van der Waals surface area contributed by atoms with Crippen LogP contribution in [-0.4, -0.2) is 147 Å². The molecule has 0 bridgehead atoms. The van der Waals surface area contributed by atoms with Crippen molar-refractivity contribution >= 4 is 20.2 Å². The minimum absolute atomic E-state index is 0.0334. The molecule has 0 amide bonds. The van der Waals surface area contributed by atoms with E-state index in [4.69, 9.17) is 46.3 Å². The third-order valence-corrected chi connectivity index (χ3v) is 10.7.